The second-order valence-electron chi connectivity index (χ2n) is 6.01. The number of ether oxygens (including phenoxy) is 1. The number of halogens is 1. The van der Waals surface area contributed by atoms with E-state index in [-0.39, 0.29) is 23.7 Å². The molecule has 24 heavy (non-hydrogen) atoms. The molecule has 8 heteroatoms. The molecule has 3 heterocycles. The Bertz CT molecular complexity index is 630. The first-order valence-corrected chi connectivity index (χ1v) is 7.80. The summed E-state index contributed by atoms with van der Waals surface area (Å²) in [5.74, 6) is 0.471. The minimum absolute atomic E-state index is 0. The van der Waals surface area contributed by atoms with Gasteiger partial charge in [0.15, 0.2) is 11.5 Å². The minimum Gasteiger partial charge on any atom is -0.463 e. The van der Waals surface area contributed by atoms with E-state index in [1.807, 2.05) is 6.07 Å². The highest BCUT2D eigenvalue weighted by Gasteiger charge is 2.32. The van der Waals surface area contributed by atoms with E-state index >= 15 is 0 Å². The molecule has 3 rings (SSSR count). The first-order valence-electron chi connectivity index (χ1n) is 7.80. The number of amides is 1. The number of hydrogen-bond acceptors (Lipinski definition) is 5. The van der Waals surface area contributed by atoms with E-state index in [1.165, 1.54) is 0 Å². The maximum absolute atomic E-state index is 12.3. The molecule has 1 saturated heterocycles. The Morgan fingerprint density at radius 3 is 2.92 bits per heavy atom. The molecule has 0 saturated carbocycles. The lowest BCUT2D eigenvalue weighted by atomic mass is 9.79. The van der Waals surface area contributed by atoms with E-state index in [1.54, 1.807) is 25.5 Å². The maximum atomic E-state index is 12.3. The van der Waals surface area contributed by atoms with Gasteiger partial charge in [-0.3, -0.25) is 9.89 Å². The molecule has 3 N–H and O–H groups in total. The number of nitrogens with one attached hydrogen (secondary N) is 3. The van der Waals surface area contributed by atoms with Crippen LogP contribution < -0.4 is 10.6 Å². The molecule has 0 bridgehead atoms. The number of aromatic nitrogens is 2. The zero-order valence-corrected chi connectivity index (χ0v) is 14.4. The molecule has 2 aromatic rings. The average molecular weight is 355 g/mol. The summed E-state index contributed by atoms with van der Waals surface area (Å²) < 4.78 is 10.7. The molecule has 0 aliphatic carbocycles. The molecule has 2 aromatic heterocycles. The molecule has 7 nitrogen and oxygen atoms in total. The number of carbonyl (C=O) groups is 1. The summed E-state index contributed by atoms with van der Waals surface area (Å²) in [6, 6.07) is 5.30. The number of methoxy groups -OCH3 is 1. The summed E-state index contributed by atoms with van der Waals surface area (Å²) >= 11 is 0. The smallest absolute Gasteiger partial charge is 0.271 e. The van der Waals surface area contributed by atoms with E-state index in [4.69, 9.17) is 9.15 Å². The monoisotopic (exact) mass is 354 g/mol. The summed E-state index contributed by atoms with van der Waals surface area (Å²) in [6.45, 7) is 3.13. The van der Waals surface area contributed by atoms with Crippen molar-refractivity contribution in [2.24, 2.45) is 5.41 Å². The molecule has 0 unspecified atom stereocenters. The Kier molecular flexibility index (Phi) is 6.42. The molecule has 1 fully saturated rings. The van der Waals surface area contributed by atoms with Crippen LogP contribution in [0.15, 0.2) is 28.9 Å². The number of hydrogen-bond donors (Lipinski definition) is 3. The van der Waals surface area contributed by atoms with Gasteiger partial charge in [-0.15, -0.1) is 12.4 Å². The van der Waals surface area contributed by atoms with Crippen LogP contribution in [0.1, 0.15) is 23.3 Å². The van der Waals surface area contributed by atoms with Crippen molar-refractivity contribution >= 4 is 18.3 Å². The topological polar surface area (TPSA) is 92.2 Å². The van der Waals surface area contributed by atoms with Gasteiger partial charge in [0, 0.05) is 25.1 Å². The van der Waals surface area contributed by atoms with Gasteiger partial charge in [-0.1, -0.05) is 0 Å². The fourth-order valence-electron chi connectivity index (χ4n) is 2.99. The molecular formula is C16H23ClN4O3. The third-order valence-electron chi connectivity index (χ3n) is 4.34. The second-order valence-corrected chi connectivity index (χ2v) is 6.01. The van der Waals surface area contributed by atoms with Crippen LogP contribution in [0.3, 0.4) is 0 Å². The van der Waals surface area contributed by atoms with E-state index in [9.17, 15) is 4.79 Å². The van der Waals surface area contributed by atoms with E-state index in [2.05, 4.69) is 20.8 Å². The number of rotatable bonds is 6. The van der Waals surface area contributed by atoms with Crippen LogP contribution in [0.4, 0.5) is 0 Å². The summed E-state index contributed by atoms with van der Waals surface area (Å²) in [6.07, 6.45) is 3.56. The number of furan rings is 1. The predicted octanol–water partition coefficient (Wildman–Crippen LogP) is 1.84. The summed E-state index contributed by atoms with van der Waals surface area (Å²) in [7, 11) is 1.70. The Balaban J connectivity index is 0.00000208. The first-order chi connectivity index (χ1) is 11.2. The lowest BCUT2D eigenvalue weighted by Crippen LogP contribution is -2.47. The van der Waals surface area contributed by atoms with Crippen LogP contribution in [0, 0.1) is 5.41 Å². The minimum atomic E-state index is -0.187. The van der Waals surface area contributed by atoms with Gasteiger partial charge in [-0.2, -0.15) is 5.10 Å². The van der Waals surface area contributed by atoms with Gasteiger partial charge < -0.3 is 19.8 Å². The van der Waals surface area contributed by atoms with Gasteiger partial charge in [0.1, 0.15) is 5.69 Å². The lowest BCUT2D eigenvalue weighted by Gasteiger charge is -2.37. The van der Waals surface area contributed by atoms with Crippen LogP contribution in [-0.2, 0) is 4.74 Å². The normalized spacial score (nSPS) is 16.4. The predicted molar refractivity (Wildman–Crippen MR) is 92.3 cm³/mol. The van der Waals surface area contributed by atoms with Crippen molar-refractivity contribution in [3.8, 4) is 11.5 Å². The maximum Gasteiger partial charge on any atom is 0.271 e. The fourth-order valence-corrected chi connectivity index (χ4v) is 2.99. The molecular weight excluding hydrogens is 332 g/mol. The Hall–Kier alpha value is -1.83. The molecule has 1 amide bonds. The molecule has 1 aliphatic rings. The zero-order valence-electron chi connectivity index (χ0n) is 13.6. The summed E-state index contributed by atoms with van der Waals surface area (Å²) in [4.78, 5) is 12.3. The first kappa shape index (κ1) is 18.5. The van der Waals surface area contributed by atoms with Crippen LogP contribution in [0.2, 0.25) is 0 Å². The number of carbonyl (C=O) groups excluding carboxylic acids is 1. The highest BCUT2D eigenvalue weighted by atomic mass is 35.5. The van der Waals surface area contributed by atoms with Crippen LogP contribution in [0.5, 0.6) is 0 Å². The Morgan fingerprint density at radius 1 is 1.46 bits per heavy atom. The third-order valence-corrected chi connectivity index (χ3v) is 4.34. The van der Waals surface area contributed by atoms with Crippen LogP contribution in [-0.4, -0.2) is 49.5 Å². The van der Waals surface area contributed by atoms with Crippen molar-refractivity contribution in [2.45, 2.75) is 12.8 Å². The molecule has 0 spiro atoms. The van der Waals surface area contributed by atoms with E-state index < -0.39 is 0 Å². The van der Waals surface area contributed by atoms with E-state index in [0.717, 1.165) is 25.9 Å². The molecule has 0 radical (unpaired) electrons. The average Bonchev–Trinajstić information content (AvgIpc) is 3.25. The number of aromatic amines is 1. The van der Waals surface area contributed by atoms with Gasteiger partial charge in [-0.25, -0.2) is 0 Å². The lowest BCUT2D eigenvalue weighted by molar-refractivity contribution is 0.0510. The molecule has 132 valence electrons. The Labute approximate surface area is 146 Å². The summed E-state index contributed by atoms with van der Waals surface area (Å²) in [5, 5.41) is 13.2. The van der Waals surface area contributed by atoms with Gasteiger partial charge in [-0.05, 0) is 38.1 Å². The SMILES string of the molecule is COCC1(CNC(=O)c2cc(-c3ccco3)[nH]n2)CCNCC1.Cl. The van der Waals surface area contributed by atoms with Gasteiger partial charge in [0.25, 0.3) is 5.91 Å². The van der Waals surface area contributed by atoms with Crippen molar-refractivity contribution in [3.63, 3.8) is 0 Å². The molecule has 0 atom stereocenters. The molecule has 1 aliphatic heterocycles. The van der Waals surface area contributed by atoms with E-state index in [0.29, 0.717) is 30.3 Å². The third kappa shape index (κ3) is 4.17. The van der Waals surface area contributed by atoms with Crippen molar-refractivity contribution in [2.75, 3.05) is 33.4 Å². The van der Waals surface area contributed by atoms with Crippen molar-refractivity contribution in [1.82, 2.24) is 20.8 Å². The number of nitrogens with zero attached hydrogens (tertiary/aromatic N) is 1. The highest BCUT2D eigenvalue weighted by Crippen LogP contribution is 2.28. The largest absolute Gasteiger partial charge is 0.463 e. The highest BCUT2D eigenvalue weighted by molar-refractivity contribution is 5.93. The van der Waals surface area contributed by atoms with Crippen LogP contribution >= 0.6 is 12.4 Å². The van der Waals surface area contributed by atoms with Gasteiger partial charge in [0.2, 0.25) is 0 Å². The van der Waals surface area contributed by atoms with Gasteiger partial charge in [0.05, 0.1) is 12.9 Å². The number of piperidine rings is 1. The Morgan fingerprint density at radius 2 is 2.25 bits per heavy atom. The van der Waals surface area contributed by atoms with Crippen molar-refractivity contribution in [3.05, 3.63) is 30.2 Å². The zero-order chi connectivity index (χ0) is 16.1. The summed E-state index contributed by atoms with van der Waals surface area (Å²) in [5.41, 5.74) is 1.04. The van der Waals surface area contributed by atoms with Crippen LogP contribution in [0.25, 0.3) is 11.5 Å². The quantitative estimate of drug-likeness (QED) is 0.736. The van der Waals surface area contributed by atoms with Gasteiger partial charge >= 0.3 is 0 Å². The second kappa shape index (κ2) is 8.32. The standard InChI is InChI=1S/C16H22N4O3.ClH/c1-22-11-16(4-6-17-7-5-16)10-18-15(21)13-9-12(19-20-13)14-3-2-8-23-14;/h2-3,8-9,17H,4-7,10-11H2,1H3,(H,18,21)(H,19,20);1H. The van der Waals surface area contributed by atoms with Crippen molar-refractivity contribution in [1.29, 1.82) is 0 Å². The van der Waals surface area contributed by atoms with Crippen molar-refractivity contribution < 1.29 is 13.9 Å². The number of H-pyrrole nitrogens is 1. The fraction of sp³-hybridized carbons (Fsp3) is 0.500. The molecule has 0 aromatic carbocycles.